The molecule has 0 saturated carbocycles. The molecule has 6 heteroatoms. The van der Waals surface area contributed by atoms with Crippen LogP contribution in [-0.2, 0) is 14.3 Å². The van der Waals surface area contributed by atoms with Gasteiger partial charge in [-0.2, -0.15) is 0 Å². The molecule has 0 aliphatic rings. The molecule has 0 radical (unpaired) electrons. The van der Waals surface area contributed by atoms with Crippen LogP contribution in [0, 0.1) is 0 Å². The molecule has 0 bridgehead atoms. The first kappa shape index (κ1) is 16.0. The quantitative estimate of drug-likeness (QED) is 0.198. The van der Waals surface area contributed by atoms with Gasteiger partial charge in [-0.05, 0) is 11.6 Å². The van der Waals surface area contributed by atoms with Crippen molar-refractivity contribution in [2.75, 3.05) is 0 Å². The largest absolute Gasteiger partial charge is 1.00 e. The number of esters is 2. The summed E-state index contributed by atoms with van der Waals surface area (Å²) in [5.41, 5.74) is 0.761. The zero-order valence-corrected chi connectivity index (χ0v) is 11.2. The van der Waals surface area contributed by atoms with Gasteiger partial charge in [-0.3, -0.25) is 0 Å². The molecule has 0 heterocycles. The number of ether oxygens (including phenoxy) is 1. The van der Waals surface area contributed by atoms with Crippen molar-refractivity contribution in [3.05, 3.63) is 42.0 Å². The summed E-state index contributed by atoms with van der Waals surface area (Å²) in [5, 5.41) is 16.7. The average Bonchev–Trinajstić information content (AvgIpc) is 2.27. The molecule has 0 aliphatic carbocycles. The van der Waals surface area contributed by atoms with E-state index < -0.39 is 18.2 Å². The Balaban J connectivity index is 0. The molecule has 0 unspecified atom stereocenters. The second kappa shape index (κ2) is 8.16. The number of rotatable bonds is 3. The molecule has 0 aromatic heterocycles. The van der Waals surface area contributed by atoms with Crippen molar-refractivity contribution in [3.8, 4) is 0 Å². The number of aliphatic hydroxyl groups excluding tert-OH is 1. The standard InChI is InChI=1S/C11H10O5.Na.H/c12-9(16-11(15)10(13)14)7-6-8-4-2-1-3-5-8;;/h1-7,10,13-14H;;/q;+1;-1/b7-6+;;. The van der Waals surface area contributed by atoms with E-state index in [1.807, 2.05) is 6.07 Å². The van der Waals surface area contributed by atoms with Crippen LogP contribution in [0.1, 0.15) is 6.99 Å². The molecule has 0 spiro atoms. The summed E-state index contributed by atoms with van der Waals surface area (Å²) >= 11 is 0. The van der Waals surface area contributed by atoms with Gasteiger partial charge in [0, 0.05) is 6.08 Å². The maximum absolute atomic E-state index is 11.0. The maximum atomic E-state index is 11.0. The normalized spacial score (nSPS) is 10.1. The minimum atomic E-state index is -2.30. The van der Waals surface area contributed by atoms with E-state index in [0.717, 1.165) is 11.6 Å². The predicted molar refractivity (Wildman–Crippen MR) is 55.9 cm³/mol. The Morgan fingerprint density at radius 3 is 2.35 bits per heavy atom. The monoisotopic (exact) mass is 246 g/mol. The Kier molecular flexibility index (Phi) is 7.69. The Labute approximate surface area is 121 Å². The van der Waals surface area contributed by atoms with Gasteiger partial charge >= 0.3 is 41.5 Å². The first-order valence-electron chi connectivity index (χ1n) is 4.44. The van der Waals surface area contributed by atoms with Gasteiger partial charge in [-0.1, -0.05) is 30.3 Å². The maximum Gasteiger partial charge on any atom is 1.00 e. The van der Waals surface area contributed by atoms with Gasteiger partial charge in [-0.15, -0.1) is 0 Å². The summed E-state index contributed by atoms with van der Waals surface area (Å²) < 4.78 is 4.07. The molecular formula is C11H11NaO5. The van der Waals surface area contributed by atoms with Gasteiger partial charge < -0.3 is 16.4 Å². The van der Waals surface area contributed by atoms with Crippen molar-refractivity contribution in [2.24, 2.45) is 0 Å². The molecule has 2 N–H and O–H groups in total. The van der Waals surface area contributed by atoms with Crippen LogP contribution >= 0.6 is 0 Å². The molecule has 1 aromatic carbocycles. The Morgan fingerprint density at radius 2 is 1.82 bits per heavy atom. The molecule has 1 aromatic rings. The van der Waals surface area contributed by atoms with Crippen molar-refractivity contribution in [1.82, 2.24) is 0 Å². The van der Waals surface area contributed by atoms with E-state index in [9.17, 15) is 9.59 Å². The SMILES string of the molecule is O=C(/C=C/c1ccccc1)OC(=O)C(O)O.[H-].[Na+]. The van der Waals surface area contributed by atoms with E-state index in [1.165, 1.54) is 6.08 Å². The molecule has 0 amide bonds. The first-order valence-corrected chi connectivity index (χ1v) is 4.44. The minimum absolute atomic E-state index is 0. The van der Waals surface area contributed by atoms with Gasteiger partial charge in [0.15, 0.2) is 0 Å². The Bertz CT molecular complexity index is 405. The van der Waals surface area contributed by atoms with E-state index in [1.54, 1.807) is 24.3 Å². The van der Waals surface area contributed by atoms with Gasteiger partial charge in [0.1, 0.15) is 0 Å². The molecular weight excluding hydrogens is 235 g/mol. The second-order valence-electron chi connectivity index (χ2n) is 2.86. The van der Waals surface area contributed by atoms with Crippen molar-refractivity contribution in [2.45, 2.75) is 6.29 Å². The van der Waals surface area contributed by atoms with Crippen LogP contribution in [0.25, 0.3) is 6.08 Å². The van der Waals surface area contributed by atoms with Crippen LogP contribution in [0.2, 0.25) is 0 Å². The summed E-state index contributed by atoms with van der Waals surface area (Å²) in [5.74, 6) is -2.36. The number of aliphatic hydroxyl groups is 2. The molecule has 1 rings (SSSR count). The average molecular weight is 246 g/mol. The van der Waals surface area contributed by atoms with E-state index >= 15 is 0 Å². The van der Waals surface area contributed by atoms with Gasteiger partial charge in [0.2, 0.25) is 0 Å². The summed E-state index contributed by atoms with van der Waals surface area (Å²) in [7, 11) is 0. The van der Waals surface area contributed by atoms with Crippen molar-refractivity contribution in [1.29, 1.82) is 0 Å². The Hall–Kier alpha value is -0.980. The number of hydrogen-bond acceptors (Lipinski definition) is 5. The fourth-order valence-electron chi connectivity index (χ4n) is 0.914. The van der Waals surface area contributed by atoms with Crippen LogP contribution in [0.5, 0.6) is 0 Å². The molecule has 5 nitrogen and oxygen atoms in total. The molecule has 0 atom stereocenters. The van der Waals surface area contributed by atoms with Gasteiger partial charge in [-0.25, -0.2) is 9.59 Å². The number of carbonyl (C=O) groups excluding carboxylic acids is 2. The van der Waals surface area contributed by atoms with Crippen LogP contribution in [-0.4, -0.2) is 28.4 Å². The molecule has 86 valence electrons. The molecule has 17 heavy (non-hydrogen) atoms. The van der Waals surface area contributed by atoms with Crippen LogP contribution in [0.3, 0.4) is 0 Å². The third kappa shape index (κ3) is 6.35. The topological polar surface area (TPSA) is 83.8 Å². The summed E-state index contributed by atoms with van der Waals surface area (Å²) in [4.78, 5) is 21.6. The fraction of sp³-hybridized carbons (Fsp3) is 0.0909. The van der Waals surface area contributed by atoms with Crippen LogP contribution in [0.15, 0.2) is 36.4 Å². The molecule has 0 aliphatic heterocycles. The zero-order valence-electron chi connectivity index (χ0n) is 10.2. The van der Waals surface area contributed by atoms with Crippen LogP contribution < -0.4 is 29.6 Å². The zero-order chi connectivity index (χ0) is 12.0. The van der Waals surface area contributed by atoms with E-state index in [2.05, 4.69) is 4.74 Å². The summed E-state index contributed by atoms with van der Waals surface area (Å²) in [6.07, 6.45) is 0.170. The second-order valence-corrected chi connectivity index (χ2v) is 2.86. The van der Waals surface area contributed by atoms with E-state index in [4.69, 9.17) is 10.2 Å². The summed E-state index contributed by atoms with van der Waals surface area (Å²) in [6.45, 7) is 0. The summed E-state index contributed by atoms with van der Waals surface area (Å²) in [6, 6.07) is 8.90. The first-order chi connectivity index (χ1) is 7.59. The number of carbonyl (C=O) groups is 2. The minimum Gasteiger partial charge on any atom is -1.00 e. The number of benzene rings is 1. The third-order valence-corrected chi connectivity index (χ3v) is 1.62. The van der Waals surface area contributed by atoms with E-state index in [-0.39, 0.29) is 31.0 Å². The third-order valence-electron chi connectivity index (χ3n) is 1.62. The molecule has 0 fully saturated rings. The predicted octanol–water partition coefficient (Wildman–Crippen LogP) is -2.80. The number of hydrogen-bond donors (Lipinski definition) is 2. The van der Waals surface area contributed by atoms with Gasteiger partial charge in [0.05, 0.1) is 0 Å². The molecule has 0 saturated heterocycles. The smallest absolute Gasteiger partial charge is 1.00 e. The van der Waals surface area contributed by atoms with Crippen molar-refractivity contribution < 1.29 is 55.5 Å². The fourth-order valence-corrected chi connectivity index (χ4v) is 0.914. The van der Waals surface area contributed by atoms with Crippen LogP contribution in [0.4, 0.5) is 0 Å². The van der Waals surface area contributed by atoms with Crippen molar-refractivity contribution in [3.63, 3.8) is 0 Å². The Morgan fingerprint density at radius 1 is 1.24 bits per heavy atom. The van der Waals surface area contributed by atoms with E-state index in [0.29, 0.717) is 0 Å². The van der Waals surface area contributed by atoms with Crippen molar-refractivity contribution >= 4 is 18.0 Å². The van der Waals surface area contributed by atoms with Gasteiger partial charge in [0.25, 0.3) is 6.29 Å².